The number of para-hydroxylation sites is 1. The predicted octanol–water partition coefficient (Wildman–Crippen LogP) is 16.8. The third-order valence-electron chi connectivity index (χ3n) is 12.5. The molecule has 6 atom stereocenters. The summed E-state index contributed by atoms with van der Waals surface area (Å²) < 4.78 is 21.0. The van der Waals surface area contributed by atoms with E-state index in [9.17, 15) is 0 Å². The Kier molecular flexibility index (Phi) is 14.5. The molecule has 3 nitrogen and oxygen atoms in total. The standard InChI is InChI=1S/C50H67O3P/c1-13-32(7)38-24-40-28-45(36(11)17-5)49(30-47(40)43(26-38)34(9)15-3)52-54(51-42-22-20-19-21-23-42)53-50-31-48-41(29-46(50)37(12)18-6)25-39(33(8)14-2)27-44(48)35(10)16-4/h19-37H,13-18H2,1-12H3. The van der Waals surface area contributed by atoms with Crippen LogP contribution in [0.1, 0.15) is 190 Å². The molecule has 0 amide bonds. The molecule has 0 aliphatic rings. The van der Waals surface area contributed by atoms with Crippen LogP contribution in [0.4, 0.5) is 0 Å². The second-order valence-corrected chi connectivity index (χ2v) is 17.1. The summed E-state index contributed by atoms with van der Waals surface area (Å²) in [6, 6.07) is 29.1. The van der Waals surface area contributed by atoms with E-state index in [-0.39, 0.29) is 0 Å². The van der Waals surface area contributed by atoms with Crippen LogP contribution in [-0.4, -0.2) is 0 Å². The molecule has 54 heavy (non-hydrogen) atoms. The highest BCUT2D eigenvalue weighted by Crippen LogP contribution is 2.49. The number of benzene rings is 5. The van der Waals surface area contributed by atoms with Crippen LogP contribution in [0, 0.1) is 0 Å². The Bertz CT molecular complexity index is 1860. The molecule has 0 heterocycles. The maximum absolute atomic E-state index is 7.12. The second-order valence-electron chi connectivity index (χ2n) is 16.1. The Labute approximate surface area is 329 Å². The van der Waals surface area contributed by atoms with E-state index in [0.717, 1.165) is 55.8 Å². The van der Waals surface area contributed by atoms with Crippen molar-refractivity contribution in [2.24, 2.45) is 0 Å². The molecule has 0 saturated heterocycles. The first kappa shape index (κ1) is 41.6. The lowest BCUT2D eigenvalue weighted by atomic mass is 9.85. The average molecular weight is 747 g/mol. The lowest BCUT2D eigenvalue weighted by Crippen LogP contribution is -2.08. The molecular formula is C50H67O3P. The van der Waals surface area contributed by atoms with E-state index in [1.165, 1.54) is 54.9 Å². The van der Waals surface area contributed by atoms with Crippen molar-refractivity contribution in [1.82, 2.24) is 0 Å². The van der Waals surface area contributed by atoms with Crippen molar-refractivity contribution in [1.29, 1.82) is 0 Å². The average Bonchev–Trinajstić information content (AvgIpc) is 3.20. The van der Waals surface area contributed by atoms with Crippen molar-refractivity contribution in [3.8, 4) is 17.2 Å². The summed E-state index contributed by atoms with van der Waals surface area (Å²) in [5, 5.41) is 5.11. The summed E-state index contributed by atoms with van der Waals surface area (Å²) in [5.74, 6) is 4.89. The van der Waals surface area contributed by atoms with Gasteiger partial charge in [-0.05, 0) is 165 Å². The molecule has 290 valence electrons. The van der Waals surface area contributed by atoms with Crippen molar-refractivity contribution in [3.05, 3.63) is 112 Å². The van der Waals surface area contributed by atoms with Crippen LogP contribution in [0.15, 0.2) is 78.9 Å². The molecule has 4 heteroatoms. The molecule has 5 aromatic carbocycles. The zero-order chi connectivity index (χ0) is 39.1. The van der Waals surface area contributed by atoms with E-state index in [1.807, 2.05) is 30.3 Å². The lowest BCUT2D eigenvalue weighted by Gasteiger charge is -2.26. The predicted molar refractivity (Wildman–Crippen MR) is 235 cm³/mol. The van der Waals surface area contributed by atoms with E-state index in [0.29, 0.717) is 35.5 Å². The zero-order valence-corrected chi connectivity index (χ0v) is 36.3. The zero-order valence-electron chi connectivity index (χ0n) is 35.4. The normalized spacial score (nSPS) is 15.7. The Morgan fingerprint density at radius 2 is 0.778 bits per heavy atom. The van der Waals surface area contributed by atoms with E-state index < -0.39 is 8.60 Å². The lowest BCUT2D eigenvalue weighted by molar-refractivity contribution is 0.383. The van der Waals surface area contributed by atoms with Gasteiger partial charge in [0.15, 0.2) is 0 Å². The van der Waals surface area contributed by atoms with E-state index in [2.05, 4.69) is 132 Å². The highest BCUT2D eigenvalue weighted by atomic mass is 31.2. The number of rotatable bonds is 18. The molecule has 0 N–H and O–H groups in total. The number of hydrogen-bond acceptors (Lipinski definition) is 3. The molecule has 0 aliphatic heterocycles. The van der Waals surface area contributed by atoms with Crippen LogP contribution >= 0.6 is 8.60 Å². The summed E-state index contributed by atoms with van der Waals surface area (Å²) >= 11 is 0. The van der Waals surface area contributed by atoms with E-state index >= 15 is 0 Å². The Hall–Kier alpha value is -3.55. The second kappa shape index (κ2) is 18.9. The summed E-state index contributed by atoms with van der Waals surface area (Å²) in [6.45, 7) is 27.6. The van der Waals surface area contributed by atoms with Crippen molar-refractivity contribution in [2.75, 3.05) is 0 Å². The molecule has 6 unspecified atom stereocenters. The molecule has 0 spiro atoms. The summed E-state index contributed by atoms with van der Waals surface area (Å²) in [4.78, 5) is 0. The molecule has 0 bridgehead atoms. The van der Waals surface area contributed by atoms with Gasteiger partial charge in [0.2, 0.25) is 0 Å². The van der Waals surface area contributed by atoms with Gasteiger partial charge in [-0.25, -0.2) is 0 Å². The minimum Gasteiger partial charge on any atom is -0.409 e. The Morgan fingerprint density at radius 3 is 1.15 bits per heavy atom. The molecule has 5 rings (SSSR count). The van der Waals surface area contributed by atoms with Crippen molar-refractivity contribution in [3.63, 3.8) is 0 Å². The van der Waals surface area contributed by atoms with Crippen molar-refractivity contribution >= 4 is 30.1 Å². The van der Waals surface area contributed by atoms with E-state index in [1.54, 1.807) is 0 Å². The molecular weight excluding hydrogens is 680 g/mol. The Morgan fingerprint density at radius 1 is 0.407 bits per heavy atom. The maximum atomic E-state index is 7.12. The summed E-state index contributed by atoms with van der Waals surface area (Å²) in [7, 11) is -1.89. The quantitative estimate of drug-likeness (QED) is 0.0836. The van der Waals surface area contributed by atoms with Gasteiger partial charge in [0, 0.05) is 0 Å². The van der Waals surface area contributed by atoms with Gasteiger partial charge in [0.1, 0.15) is 17.2 Å². The largest absolute Gasteiger partial charge is 0.530 e. The fourth-order valence-corrected chi connectivity index (χ4v) is 8.42. The SMILES string of the molecule is CCC(C)c1cc(C(C)CC)c2cc(OP(Oc3ccccc3)Oc3cc4c(C(C)CC)cc(C(C)CC)cc4cc3C(C)CC)c(C(C)CC)cc2c1. The van der Waals surface area contributed by atoms with Crippen LogP contribution in [0.3, 0.4) is 0 Å². The first-order chi connectivity index (χ1) is 26.0. The van der Waals surface area contributed by atoms with Gasteiger partial charge in [0.05, 0.1) is 0 Å². The molecule has 5 aromatic rings. The number of fused-ring (bicyclic) bond motifs is 2. The topological polar surface area (TPSA) is 27.7 Å². The smallest absolute Gasteiger partial charge is 0.409 e. The van der Waals surface area contributed by atoms with Gasteiger partial charge >= 0.3 is 8.60 Å². The highest BCUT2D eigenvalue weighted by Gasteiger charge is 2.27. The van der Waals surface area contributed by atoms with Crippen molar-refractivity contribution in [2.45, 2.75) is 157 Å². The number of hydrogen-bond donors (Lipinski definition) is 0. The minimum atomic E-state index is -1.89. The third kappa shape index (κ3) is 9.27. The summed E-state index contributed by atoms with van der Waals surface area (Å²) in [6.07, 6.45) is 6.40. The first-order valence-electron chi connectivity index (χ1n) is 21.1. The van der Waals surface area contributed by atoms with Gasteiger partial charge in [-0.1, -0.05) is 126 Å². The highest BCUT2D eigenvalue weighted by molar-refractivity contribution is 7.43. The monoisotopic (exact) mass is 746 g/mol. The van der Waals surface area contributed by atoms with Crippen molar-refractivity contribution < 1.29 is 13.6 Å². The van der Waals surface area contributed by atoms with Gasteiger partial charge in [0.25, 0.3) is 0 Å². The Balaban J connectivity index is 1.71. The molecule has 0 saturated carbocycles. The third-order valence-corrected chi connectivity index (χ3v) is 13.5. The first-order valence-corrected chi connectivity index (χ1v) is 22.2. The van der Waals surface area contributed by atoms with Crippen LogP contribution in [0.2, 0.25) is 0 Å². The maximum Gasteiger partial charge on any atom is 0.530 e. The van der Waals surface area contributed by atoms with E-state index in [4.69, 9.17) is 13.6 Å². The fraction of sp³-hybridized carbons (Fsp3) is 0.480. The van der Waals surface area contributed by atoms with Crippen LogP contribution in [-0.2, 0) is 0 Å². The molecule has 0 fully saturated rings. The fourth-order valence-electron chi connectivity index (χ4n) is 7.37. The van der Waals surface area contributed by atoms with Crippen LogP contribution in [0.5, 0.6) is 17.2 Å². The van der Waals surface area contributed by atoms with Gasteiger partial charge in [-0.15, -0.1) is 0 Å². The molecule has 0 aliphatic carbocycles. The van der Waals surface area contributed by atoms with Crippen LogP contribution in [0.25, 0.3) is 21.5 Å². The van der Waals surface area contributed by atoms with Gasteiger partial charge < -0.3 is 13.6 Å². The minimum absolute atomic E-state index is 0.298. The molecule has 0 aromatic heterocycles. The van der Waals surface area contributed by atoms with Gasteiger partial charge in [-0.2, -0.15) is 0 Å². The summed E-state index contributed by atoms with van der Waals surface area (Å²) in [5.41, 5.74) is 8.02. The molecule has 0 radical (unpaired) electrons. The van der Waals surface area contributed by atoms with Crippen LogP contribution < -0.4 is 13.6 Å². The van der Waals surface area contributed by atoms with Gasteiger partial charge in [-0.3, -0.25) is 0 Å².